The molecule has 0 saturated heterocycles. The van der Waals surface area contributed by atoms with Crippen molar-refractivity contribution < 1.29 is 8.42 Å². The summed E-state index contributed by atoms with van der Waals surface area (Å²) in [5, 5.41) is 10.5. The van der Waals surface area contributed by atoms with Gasteiger partial charge in [0.2, 0.25) is 0 Å². The van der Waals surface area contributed by atoms with Gasteiger partial charge in [-0.05, 0) is 30.7 Å². The zero-order valence-electron chi connectivity index (χ0n) is 11.1. The molecule has 0 aliphatic carbocycles. The van der Waals surface area contributed by atoms with Crippen LogP contribution in [-0.2, 0) is 10.0 Å². The molecular weight excluding hydrogens is 276 g/mol. The normalized spacial score (nSPS) is 11.1. The third-order valence-corrected chi connectivity index (χ3v) is 3.97. The van der Waals surface area contributed by atoms with Crippen LogP contribution in [0.15, 0.2) is 47.5 Å². The maximum absolute atomic E-state index is 12.4. The summed E-state index contributed by atoms with van der Waals surface area (Å²) >= 11 is 0. The molecule has 0 atom stereocenters. The van der Waals surface area contributed by atoms with Gasteiger partial charge in [-0.2, -0.15) is 5.10 Å². The minimum atomic E-state index is -3.69. The van der Waals surface area contributed by atoms with Gasteiger partial charge >= 0.3 is 0 Å². The quantitative estimate of drug-likeness (QED) is 0.851. The van der Waals surface area contributed by atoms with Crippen LogP contribution in [0.5, 0.6) is 0 Å². The zero-order chi connectivity index (χ0) is 14.4. The van der Waals surface area contributed by atoms with E-state index in [1.807, 2.05) is 6.92 Å². The van der Waals surface area contributed by atoms with Crippen molar-refractivity contribution in [2.75, 3.05) is 16.6 Å². The molecule has 0 fully saturated rings. The summed E-state index contributed by atoms with van der Waals surface area (Å²) in [6, 6.07) is 9.93. The third-order valence-electron chi connectivity index (χ3n) is 2.55. The number of nitrogens with zero attached hydrogens (tertiary/aromatic N) is 2. The van der Waals surface area contributed by atoms with Crippen LogP contribution in [0.1, 0.15) is 13.3 Å². The standard InChI is InChI=1S/C13H16N4O2S/c1-2-9-14-11-6-3-4-7-12(11)20(18,19)17-13-8-5-10-15-16-13/h3-8,10,14H,2,9H2,1H3,(H,16,17). The second kappa shape index (κ2) is 6.33. The summed E-state index contributed by atoms with van der Waals surface area (Å²) < 4.78 is 27.1. The number of anilines is 2. The van der Waals surface area contributed by atoms with E-state index in [1.54, 1.807) is 36.4 Å². The maximum atomic E-state index is 12.4. The van der Waals surface area contributed by atoms with Gasteiger partial charge < -0.3 is 5.32 Å². The van der Waals surface area contributed by atoms with Gasteiger partial charge in [0.05, 0.1) is 5.69 Å². The number of aromatic nitrogens is 2. The summed E-state index contributed by atoms with van der Waals surface area (Å²) in [4.78, 5) is 0.194. The molecule has 0 bridgehead atoms. The minimum Gasteiger partial charge on any atom is -0.384 e. The molecule has 0 amide bonds. The fourth-order valence-corrected chi connectivity index (χ4v) is 2.84. The Morgan fingerprint density at radius 3 is 2.65 bits per heavy atom. The summed E-state index contributed by atoms with van der Waals surface area (Å²) in [6.45, 7) is 2.72. The molecule has 6 nitrogen and oxygen atoms in total. The number of hydrogen-bond acceptors (Lipinski definition) is 5. The second-order valence-electron chi connectivity index (χ2n) is 4.14. The summed E-state index contributed by atoms with van der Waals surface area (Å²) in [5.41, 5.74) is 0.575. The summed E-state index contributed by atoms with van der Waals surface area (Å²) in [5.74, 6) is 0.192. The van der Waals surface area contributed by atoms with E-state index in [0.29, 0.717) is 12.2 Å². The average Bonchev–Trinajstić information content (AvgIpc) is 2.46. The van der Waals surface area contributed by atoms with Crippen molar-refractivity contribution in [3.63, 3.8) is 0 Å². The monoisotopic (exact) mass is 292 g/mol. The van der Waals surface area contributed by atoms with E-state index in [9.17, 15) is 8.42 Å². The lowest BCUT2D eigenvalue weighted by Crippen LogP contribution is -2.16. The Hall–Kier alpha value is -2.15. The van der Waals surface area contributed by atoms with Crippen LogP contribution >= 0.6 is 0 Å². The number of hydrogen-bond donors (Lipinski definition) is 2. The maximum Gasteiger partial charge on any atom is 0.265 e. The molecule has 0 saturated carbocycles. The van der Waals surface area contributed by atoms with Crippen molar-refractivity contribution in [3.05, 3.63) is 42.6 Å². The zero-order valence-corrected chi connectivity index (χ0v) is 11.9. The first-order chi connectivity index (χ1) is 9.63. The van der Waals surface area contributed by atoms with Gasteiger partial charge in [0.1, 0.15) is 4.90 Å². The van der Waals surface area contributed by atoms with Gasteiger partial charge in [-0.15, -0.1) is 5.10 Å². The number of sulfonamides is 1. The molecule has 1 heterocycles. The van der Waals surface area contributed by atoms with Gasteiger partial charge in [-0.3, -0.25) is 4.72 Å². The Morgan fingerprint density at radius 1 is 1.15 bits per heavy atom. The van der Waals surface area contributed by atoms with Crippen molar-refractivity contribution in [2.24, 2.45) is 0 Å². The van der Waals surface area contributed by atoms with E-state index in [1.165, 1.54) is 6.20 Å². The van der Waals surface area contributed by atoms with E-state index in [0.717, 1.165) is 6.42 Å². The third kappa shape index (κ3) is 3.45. The van der Waals surface area contributed by atoms with Crippen molar-refractivity contribution in [2.45, 2.75) is 18.2 Å². The first-order valence-corrected chi connectivity index (χ1v) is 7.75. The molecule has 20 heavy (non-hydrogen) atoms. The molecule has 2 rings (SSSR count). The predicted octanol–water partition coefficient (Wildman–Crippen LogP) is 2.10. The lowest BCUT2D eigenvalue weighted by molar-refractivity contribution is 0.601. The molecule has 0 aliphatic heterocycles. The highest BCUT2D eigenvalue weighted by atomic mass is 32.2. The van der Waals surface area contributed by atoms with Crippen molar-refractivity contribution >= 4 is 21.5 Å². The highest BCUT2D eigenvalue weighted by molar-refractivity contribution is 7.92. The second-order valence-corrected chi connectivity index (χ2v) is 5.79. The fourth-order valence-electron chi connectivity index (χ4n) is 1.66. The fraction of sp³-hybridized carbons (Fsp3) is 0.231. The SMILES string of the molecule is CCCNc1ccccc1S(=O)(=O)Nc1cccnn1. The number of benzene rings is 1. The average molecular weight is 292 g/mol. The lowest BCUT2D eigenvalue weighted by Gasteiger charge is -2.12. The predicted molar refractivity (Wildman–Crippen MR) is 78.1 cm³/mol. The number of nitrogens with one attached hydrogen (secondary N) is 2. The van der Waals surface area contributed by atoms with Gasteiger partial charge in [-0.25, -0.2) is 8.42 Å². The van der Waals surface area contributed by atoms with E-state index < -0.39 is 10.0 Å². The van der Waals surface area contributed by atoms with E-state index in [4.69, 9.17) is 0 Å². The molecule has 0 unspecified atom stereocenters. The van der Waals surface area contributed by atoms with E-state index in [2.05, 4.69) is 20.2 Å². The lowest BCUT2D eigenvalue weighted by atomic mass is 10.3. The molecule has 7 heteroatoms. The molecule has 0 radical (unpaired) electrons. The van der Waals surface area contributed by atoms with Crippen LogP contribution in [0.2, 0.25) is 0 Å². The Bertz CT molecular complexity index is 659. The number of para-hydroxylation sites is 1. The van der Waals surface area contributed by atoms with Crippen LogP contribution in [0.3, 0.4) is 0 Å². The molecule has 106 valence electrons. The Balaban J connectivity index is 2.30. The Labute approximate surface area is 118 Å². The highest BCUT2D eigenvalue weighted by Gasteiger charge is 2.18. The highest BCUT2D eigenvalue weighted by Crippen LogP contribution is 2.22. The van der Waals surface area contributed by atoms with Gasteiger partial charge in [-0.1, -0.05) is 19.1 Å². The molecule has 2 N–H and O–H groups in total. The molecule has 2 aromatic rings. The first-order valence-electron chi connectivity index (χ1n) is 6.27. The van der Waals surface area contributed by atoms with E-state index >= 15 is 0 Å². The smallest absolute Gasteiger partial charge is 0.265 e. The van der Waals surface area contributed by atoms with Crippen LogP contribution in [0.25, 0.3) is 0 Å². The van der Waals surface area contributed by atoms with Gasteiger partial charge in [0, 0.05) is 12.7 Å². The van der Waals surface area contributed by atoms with Crippen LogP contribution in [0, 0.1) is 0 Å². The van der Waals surface area contributed by atoms with Crippen molar-refractivity contribution in [3.8, 4) is 0 Å². The van der Waals surface area contributed by atoms with E-state index in [-0.39, 0.29) is 10.7 Å². The minimum absolute atomic E-state index is 0.192. The number of rotatable bonds is 6. The molecule has 0 aliphatic rings. The summed E-state index contributed by atoms with van der Waals surface area (Å²) in [7, 11) is -3.69. The Kier molecular flexibility index (Phi) is 4.52. The molecule has 1 aromatic carbocycles. The molecule has 0 spiro atoms. The van der Waals surface area contributed by atoms with Crippen molar-refractivity contribution in [1.29, 1.82) is 0 Å². The van der Waals surface area contributed by atoms with Crippen molar-refractivity contribution in [1.82, 2.24) is 10.2 Å². The Morgan fingerprint density at radius 2 is 1.95 bits per heavy atom. The topological polar surface area (TPSA) is 84.0 Å². The van der Waals surface area contributed by atoms with Crippen LogP contribution in [0.4, 0.5) is 11.5 Å². The largest absolute Gasteiger partial charge is 0.384 e. The van der Waals surface area contributed by atoms with Gasteiger partial charge in [0.25, 0.3) is 10.0 Å². The van der Waals surface area contributed by atoms with Crippen LogP contribution < -0.4 is 10.0 Å². The van der Waals surface area contributed by atoms with Gasteiger partial charge in [0.15, 0.2) is 5.82 Å². The molecular formula is C13H16N4O2S. The molecule has 1 aromatic heterocycles. The first kappa shape index (κ1) is 14.3. The summed E-state index contributed by atoms with van der Waals surface area (Å²) in [6.07, 6.45) is 2.39. The van der Waals surface area contributed by atoms with Crippen LogP contribution in [-0.4, -0.2) is 25.2 Å².